The maximum absolute atomic E-state index is 12.5. The number of rotatable bonds is 6. The summed E-state index contributed by atoms with van der Waals surface area (Å²) >= 11 is 0. The van der Waals surface area contributed by atoms with Crippen LogP contribution in [0, 0.1) is 0 Å². The van der Waals surface area contributed by atoms with E-state index in [0.29, 0.717) is 17.2 Å². The molecule has 1 aliphatic rings. The van der Waals surface area contributed by atoms with E-state index in [1.54, 1.807) is 39.0 Å². The van der Waals surface area contributed by atoms with Gasteiger partial charge in [-0.1, -0.05) is 0 Å². The molecule has 0 aliphatic carbocycles. The van der Waals surface area contributed by atoms with Crippen molar-refractivity contribution in [2.45, 2.75) is 32.9 Å². The van der Waals surface area contributed by atoms with E-state index in [0.717, 1.165) is 0 Å². The van der Waals surface area contributed by atoms with E-state index < -0.39 is 19.5 Å². The Labute approximate surface area is 129 Å². The Balaban J connectivity index is 1.98. The van der Waals surface area contributed by atoms with E-state index in [9.17, 15) is 9.36 Å². The zero-order valence-electron chi connectivity index (χ0n) is 13.0. The number of benzene rings is 1. The van der Waals surface area contributed by atoms with Gasteiger partial charge in [0.25, 0.3) is 0 Å². The molecule has 1 heterocycles. The molecule has 7 nitrogen and oxygen atoms in total. The number of ether oxygens (including phenoxy) is 3. The van der Waals surface area contributed by atoms with Crippen LogP contribution in [0.4, 0.5) is 0 Å². The van der Waals surface area contributed by atoms with Crippen LogP contribution in [0.25, 0.3) is 0 Å². The van der Waals surface area contributed by atoms with Crippen molar-refractivity contribution in [1.29, 1.82) is 0 Å². The number of carbonyl (C=O) groups is 1. The van der Waals surface area contributed by atoms with Crippen molar-refractivity contribution in [3.63, 3.8) is 0 Å². The SMILES string of the molecule is CC(C)OC(=O)[C@H](C)NP(C)(=O)Oc1ccc2c(c1)OCO2. The molecule has 2 atom stereocenters. The molecule has 122 valence electrons. The van der Waals surface area contributed by atoms with Gasteiger partial charge < -0.3 is 18.7 Å². The van der Waals surface area contributed by atoms with Crippen molar-refractivity contribution in [2.24, 2.45) is 0 Å². The normalized spacial score (nSPS) is 17.0. The molecule has 1 aromatic rings. The molecule has 1 N–H and O–H groups in total. The highest BCUT2D eigenvalue weighted by molar-refractivity contribution is 7.56. The monoisotopic (exact) mass is 329 g/mol. The van der Waals surface area contributed by atoms with Crippen LogP contribution in [0.1, 0.15) is 20.8 Å². The summed E-state index contributed by atoms with van der Waals surface area (Å²) in [4.78, 5) is 11.7. The van der Waals surface area contributed by atoms with Gasteiger partial charge in [0.1, 0.15) is 11.8 Å². The summed E-state index contributed by atoms with van der Waals surface area (Å²) in [7, 11) is -3.24. The summed E-state index contributed by atoms with van der Waals surface area (Å²) in [6, 6.07) is 4.15. The van der Waals surface area contributed by atoms with Crippen molar-refractivity contribution in [1.82, 2.24) is 5.09 Å². The highest BCUT2D eigenvalue weighted by Crippen LogP contribution is 2.43. The van der Waals surface area contributed by atoms with E-state index in [2.05, 4.69) is 5.09 Å². The lowest BCUT2D eigenvalue weighted by molar-refractivity contribution is -0.149. The second-order valence-corrected chi connectivity index (χ2v) is 7.42. The maximum Gasteiger partial charge on any atom is 0.323 e. The largest absolute Gasteiger partial charge is 0.462 e. The van der Waals surface area contributed by atoms with Gasteiger partial charge >= 0.3 is 13.5 Å². The molecule has 1 unspecified atom stereocenters. The third-order valence-corrected chi connectivity index (χ3v) is 4.17. The van der Waals surface area contributed by atoms with Gasteiger partial charge in [0.05, 0.1) is 6.10 Å². The van der Waals surface area contributed by atoms with Gasteiger partial charge in [-0.15, -0.1) is 0 Å². The zero-order valence-corrected chi connectivity index (χ0v) is 13.9. The van der Waals surface area contributed by atoms with Crippen molar-refractivity contribution in [2.75, 3.05) is 13.5 Å². The number of hydrogen-bond acceptors (Lipinski definition) is 6. The van der Waals surface area contributed by atoms with E-state index in [1.165, 1.54) is 6.66 Å². The average molecular weight is 329 g/mol. The predicted molar refractivity (Wildman–Crippen MR) is 80.5 cm³/mol. The lowest BCUT2D eigenvalue weighted by Gasteiger charge is -2.21. The lowest BCUT2D eigenvalue weighted by atomic mass is 10.3. The van der Waals surface area contributed by atoms with Crippen LogP contribution in [0.5, 0.6) is 17.2 Å². The molecule has 0 spiro atoms. The maximum atomic E-state index is 12.5. The van der Waals surface area contributed by atoms with Gasteiger partial charge in [0.15, 0.2) is 11.5 Å². The summed E-state index contributed by atoms with van der Waals surface area (Å²) in [5.41, 5.74) is 0. The molecule has 0 aromatic heterocycles. The highest BCUT2D eigenvalue weighted by atomic mass is 31.2. The van der Waals surface area contributed by atoms with E-state index in [-0.39, 0.29) is 12.9 Å². The summed E-state index contributed by atoms with van der Waals surface area (Å²) in [6.07, 6.45) is -0.234. The summed E-state index contributed by atoms with van der Waals surface area (Å²) in [5, 5.41) is 2.66. The Hall–Kier alpha value is -1.72. The quantitative estimate of drug-likeness (QED) is 0.634. The van der Waals surface area contributed by atoms with Crippen molar-refractivity contribution in [3.8, 4) is 17.2 Å². The summed E-state index contributed by atoms with van der Waals surface area (Å²) in [5.74, 6) is 1.03. The first kappa shape index (κ1) is 16.6. The molecule has 0 fully saturated rings. The molecule has 0 bridgehead atoms. The second kappa shape index (κ2) is 6.58. The van der Waals surface area contributed by atoms with Crippen LogP contribution >= 0.6 is 7.52 Å². The van der Waals surface area contributed by atoms with Crippen LogP contribution < -0.4 is 19.1 Å². The minimum atomic E-state index is -3.24. The second-order valence-electron chi connectivity index (χ2n) is 5.29. The molecule has 0 saturated carbocycles. The number of carbonyl (C=O) groups excluding carboxylic acids is 1. The zero-order chi connectivity index (χ0) is 16.3. The highest BCUT2D eigenvalue weighted by Gasteiger charge is 2.26. The molecule has 22 heavy (non-hydrogen) atoms. The molecule has 8 heteroatoms. The first-order valence-electron chi connectivity index (χ1n) is 6.92. The van der Waals surface area contributed by atoms with Crippen molar-refractivity contribution in [3.05, 3.63) is 18.2 Å². The molecular formula is C14H20NO6P. The van der Waals surface area contributed by atoms with Gasteiger partial charge in [-0.2, -0.15) is 0 Å². The number of esters is 1. The molecule has 1 aliphatic heterocycles. The minimum Gasteiger partial charge on any atom is -0.462 e. The van der Waals surface area contributed by atoms with Gasteiger partial charge in [-0.25, -0.2) is 5.09 Å². The first-order valence-corrected chi connectivity index (χ1v) is 8.99. The molecular weight excluding hydrogens is 309 g/mol. The minimum absolute atomic E-state index is 0.152. The fraction of sp³-hybridized carbons (Fsp3) is 0.500. The third-order valence-electron chi connectivity index (χ3n) is 2.76. The molecule has 1 aromatic carbocycles. The van der Waals surface area contributed by atoms with Gasteiger partial charge in [-0.3, -0.25) is 9.36 Å². The Bertz CT molecular complexity index is 603. The van der Waals surface area contributed by atoms with E-state index in [4.69, 9.17) is 18.7 Å². The Morgan fingerprint density at radius 1 is 1.27 bits per heavy atom. The van der Waals surface area contributed by atoms with E-state index in [1.807, 2.05) is 0 Å². The lowest BCUT2D eigenvalue weighted by Crippen LogP contribution is -2.35. The van der Waals surface area contributed by atoms with Crippen LogP contribution in [-0.4, -0.2) is 31.6 Å². The third kappa shape index (κ3) is 4.39. The standard InChI is InChI=1S/C14H20NO6P/c1-9(2)20-14(16)10(3)15-22(4,17)21-11-5-6-12-13(7-11)19-8-18-12/h5-7,9-10H,8H2,1-4H3,(H,15,17)/t10-,22?/m0/s1. The number of hydrogen-bond donors (Lipinski definition) is 1. The topological polar surface area (TPSA) is 83.1 Å². The van der Waals surface area contributed by atoms with Crippen LogP contribution in [0.3, 0.4) is 0 Å². The van der Waals surface area contributed by atoms with Gasteiger partial charge in [-0.05, 0) is 32.9 Å². The number of nitrogens with one attached hydrogen (secondary N) is 1. The molecule has 2 rings (SSSR count). The fourth-order valence-corrected chi connectivity index (χ4v) is 3.28. The molecule has 0 amide bonds. The smallest absolute Gasteiger partial charge is 0.323 e. The van der Waals surface area contributed by atoms with Crippen LogP contribution in [-0.2, 0) is 14.1 Å². The predicted octanol–water partition coefficient (Wildman–Crippen LogP) is 2.55. The van der Waals surface area contributed by atoms with Crippen LogP contribution in [0.2, 0.25) is 0 Å². The molecule has 0 saturated heterocycles. The van der Waals surface area contributed by atoms with Gasteiger partial charge in [0, 0.05) is 12.7 Å². The summed E-state index contributed by atoms with van der Waals surface area (Å²) < 4.78 is 33.4. The first-order chi connectivity index (χ1) is 10.3. The van der Waals surface area contributed by atoms with Gasteiger partial charge in [0.2, 0.25) is 6.79 Å². The van der Waals surface area contributed by atoms with Crippen molar-refractivity contribution >= 4 is 13.5 Å². The Morgan fingerprint density at radius 2 is 1.95 bits per heavy atom. The van der Waals surface area contributed by atoms with Crippen LogP contribution in [0.15, 0.2) is 18.2 Å². The van der Waals surface area contributed by atoms with E-state index >= 15 is 0 Å². The fourth-order valence-electron chi connectivity index (χ4n) is 1.90. The molecule has 0 radical (unpaired) electrons. The Kier molecular flexibility index (Phi) is 4.98. The average Bonchev–Trinajstić information content (AvgIpc) is 2.84. The van der Waals surface area contributed by atoms with Crippen molar-refractivity contribution < 1.29 is 28.1 Å². The number of fused-ring (bicyclic) bond motifs is 1. The Morgan fingerprint density at radius 3 is 2.64 bits per heavy atom. The summed E-state index contributed by atoms with van der Waals surface area (Å²) in [6.45, 7) is 6.62.